The second-order valence-electron chi connectivity index (χ2n) is 8.44. The number of rotatable bonds is 10. The minimum Gasteiger partial charge on any atom is -0.469 e. The van der Waals surface area contributed by atoms with E-state index in [2.05, 4.69) is 9.47 Å². The van der Waals surface area contributed by atoms with E-state index in [1.165, 1.54) is 26.4 Å². The van der Waals surface area contributed by atoms with E-state index in [4.69, 9.17) is 0 Å². The minimum atomic E-state index is -0.569. The Morgan fingerprint density at radius 2 is 1.07 bits per heavy atom. The summed E-state index contributed by atoms with van der Waals surface area (Å²) < 4.78 is 9.35. The quantitative estimate of drug-likeness (QED) is 0.416. The molecule has 156 valence electrons. The first-order chi connectivity index (χ1) is 13.0. The summed E-state index contributed by atoms with van der Waals surface area (Å²) in [4.78, 5) is 48.3. The van der Waals surface area contributed by atoms with Crippen molar-refractivity contribution in [2.75, 3.05) is 14.2 Å². The van der Waals surface area contributed by atoms with Crippen LogP contribution in [0.1, 0.15) is 66.2 Å². The summed E-state index contributed by atoms with van der Waals surface area (Å²) in [5.41, 5.74) is -0.123. The molecule has 1 aliphatic carbocycles. The Balaban J connectivity index is 3.14. The van der Waals surface area contributed by atoms with Gasteiger partial charge in [-0.05, 0) is 48.7 Å². The van der Waals surface area contributed by atoms with E-state index in [1.807, 2.05) is 27.7 Å². The molecule has 0 atom stereocenters. The zero-order valence-electron chi connectivity index (χ0n) is 17.8. The number of methoxy groups -OCH3 is 2. The third-order valence-corrected chi connectivity index (χ3v) is 5.30. The molecule has 1 aliphatic rings. The highest BCUT2D eigenvalue weighted by Gasteiger charge is 2.40. The number of carbonyl (C=O) groups is 4. The monoisotopic (exact) mass is 392 g/mol. The molecule has 1 rings (SSSR count). The van der Waals surface area contributed by atoms with Crippen molar-refractivity contribution in [1.82, 2.24) is 0 Å². The average molecular weight is 392 g/mol. The van der Waals surface area contributed by atoms with Gasteiger partial charge in [0.25, 0.3) is 0 Å². The lowest BCUT2D eigenvalue weighted by atomic mass is 9.66. The number of hydrogen-bond donors (Lipinski definition) is 0. The topological polar surface area (TPSA) is 86.7 Å². The molecule has 0 saturated carbocycles. The van der Waals surface area contributed by atoms with Crippen molar-refractivity contribution in [2.45, 2.75) is 66.2 Å². The lowest BCUT2D eigenvalue weighted by Gasteiger charge is -2.36. The Morgan fingerprint density at radius 1 is 0.750 bits per heavy atom. The fourth-order valence-electron chi connectivity index (χ4n) is 3.71. The Kier molecular flexibility index (Phi) is 8.33. The van der Waals surface area contributed by atoms with Crippen molar-refractivity contribution in [3.63, 3.8) is 0 Å². The van der Waals surface area contributed by atoms with Crippen LogP contribution in [0, 0.1) is 10.8 Å². The summed E-state index contributed by atoms with van der Waals surface area (Å²) in [7, 11) is 2.69. The van der Waals surface area contributed by atoms with Gasteiger partial charge in [-0.25, -0.2) is 0 Å². The van der Waals surface area contributed by atoms with Crippen molar-refractivity contribution >= 4 is 23.5 Å². The number of hydrogen-bond acceptors (Lipinski definition) is 6. The molecule has 0 heterocycles. The first-order valence-corrected chi connectivity index (χ1v) is 9.62. The van der Waals surface area contributed by atoms with Gasteiger partial charge in [-0.3, -0.25) is 19.2 Å². The van der Waals surface area contributed by atoms with Gasteiger partial charge in [-0.1, -0.05) is 27.7 Å². The number of esters is 2. The van der Waals surface area contributed by atoms with Gasteiger partial charge in [0, 0.05) is 24.0 Å². The molecule has 0 aromatic carbocycles. The maximum absolute atomic E-state index is 12.8. The predicted molar refractivity (Wildman–Crippen MR) is 105 cm³/mol. The molecule has 0 aliphatic heterocycles. The van der Waals surface area contributed by atoms with Crippen LogP contribution in [0.25, 0.3) is 0 Å². The zero-order valence-corrected chi connectivity index (χ0v) is 17.8. The Bertz CT molecular complexity index is 636. The van der Waals surface area contributed by atoms with Crippen molar-refractivity contribution < 1.29 is 28.7 Å². The van der Waals surface area contributed by atoms with Crippen LogP contribution in [-0.4, -0.2) is 37.7 Å². The van der Waals surface area contributed by atoms with Gasteiger partial charge >= 0.3 is 11.9 Å². The fourth-order valence-corrected chi connectivity index (χ4v) is 3.71. The van der Waals surface area contributed by atoms with Gasteiger partial charge < -0.3 is 9.47 Å². The molecular weight excluding hydrogens is 360 g/mol. The van der Waals surface area contributed by atoms with Gasteiger partial charge in [0.15, 0.2) is 11.6 Å². The Morgan fingerprint density at radius 3 is 1.36 bits per heavy atom. The van der Waals surface area contributed by atoms with E-state index < -0.39 is 10.8 Å². The van der Waals surface area contributed by atoms with E-state index in [1.54, 1.807) is 0 Å². The van der Waals surface area contributed by atoms with Crippen LogP contribution in [0.4, 0.5) is 0 Å². The number of ether oxygens (including phenoxy) is 2. The van der Waals surface area contributed by atoms with Crippen LogP contribution in [-0.2, 0) is 28.7 Å². The molecule has 0 N–H and O–H groups in total. The summed E-state index contributed by atoms with van der Waals surface area (Å²) in [5, 5.41) is 0. The highest BCUT2D eigenvalue weighted by molar-refractivity contribution is 6.21. The summed E-state index contributed by atoms with van der Waals surface area (Å²) in [5.74, 6) is -0.921. The van der Waals surface area contributed by atoms with Crippen molar-refractivity contribution in [3.05, 3.63) is 23.3 Å². The van der Waals surface area contributed by atoms with Crippen LogP contribution in [0.5, 0.6) is 0 Å². The predicted octanol–water partition coefficient (Wildman–Crippen LogP) is 3.73. The van der Waals surface area contributed by atoms with E-state index >= 15 is 0 Å². The summed E-state index contributed by atoms with van der Waals surface area (Å²) in [6, 6.07) is 0. The lowest BCUT2D eigenvalue weighted by Crippen LogP contribution is -2.33. The lowest BCUT2D eigenvalue weighted by molar-refractivity contribution is -0.141. The molecule has 28 heavy (non-hydrogen) atoms. The van der Waals surface area contributed by atoms with Crippen LogP contribution >= 0.6 is 0 Å². The van der Waals surface area contributed by atoms with Gasteiger partial charge in [0.1, 0.15) is 0 Å². The molecule has 0 radical (unpaired) electrons. The molecule has 0 aromatic heterocycles. The standard InChI is InChI=1S/C22H32O6/c1-21(2,13-7-9-17(25)27-5)19-15(23)11-12-16(24)20(19)22(3,4)14-8-10-18(26)28-6/h11-12H,7-10,13-14H2,1-6H3. The van der Waals surface area contributed by atoms with Crippen molar-refractivity contribution in [3.8, 4) is 0 Å². The summed E-state index contributed by atoms with van der Waals surface area (Å²) in [6.45, 7) is 7.70. The van der Waals surface area contributed by atoms with Crippen LogP contribution in [0.3, 0.4) is 0 Å². The van der Waals surface area contributed by atoms with Gasteiger partial charge in [-0.2, -0.15) is 0 Å². The molecule has 6 heteroatoms. The van der Waals surface area contributed by atoms with E-state index in [-0.39, 0.29) is 36.3 Å². The second kappa shape index (κ2) is 9.80. The van der Waals surface area contributed by atoms with E-state index in [9.17, 15) is 19.2 Å². The van der Waals surface area contributed by atoms with E-state index in [0.29, 0.717) is 36.8 Å². The number of carbonyl (C=O) groups excluding carboxylic acids is 4. The maximum atomic E-state index is 12.8. The third kappa shape index (κ3) is 6.14. The fraction of sp³-hybridized carbons (Fsp3) is 0.636. The van der Waals surface area contributed by atoms with Crippen LogP contribution < -0.4 is 0 Å². The number of allylic oxidation sites excluding steroid dienone is 4. The molecular formula is C22H32O6. The number of ketones is 2. The Labute approximate surface area is 167 Å². The van der Waals surface area contributed by atoms with Crippen LogP contribution in [0.2, 0.25) is 0 Å². The van der Waals surface area contributed by atoms with Crippen molar-refractivity contribution in [2.24, 2.45) is 10.8 Å². The minimum absolute atomic E-state index is 0.168. The highest BCUT2D eigenvalue weighted by Crippen LogP contribution is 2.44. The first kappa shape index (κ1) is 23.8. The molecule has 0 fully saturated rings. The Hall–Kier alpha value is -2.24. The van der Waals surface area contributed by atoms with Crippen LogP contribution in [0.15, 0.2) is 23.3 Å². The molecule has 0 aromatic rings. The summed E-state index contributed by atoms with van der Waals surface area (Å²) in [6.07, 6.45) is 5.46. The van der Waals surface area contributed by atoms with Gasteiger partial charge in [-0.15, -0.1) is 0 Å². The van der Waals surface area contributed by atoms with Gasteiger partial charge in [0.05, 0.1) is 14.2 Å². The average Bonchev–Trinajstić information content (AvgIpc) is 2.62. The normalized spacial score (nSPS) is 15.1. The highest BCUT2D eigenvalue weighted by atomic mass is 16.5. The van der Waals surface area contributed by atoms with Crippen molar-refractivity contribution in [1.29, 1.82) is 0 Å². The second-order valence-corrected chi connectivity index (χ2v) is 8.44. The maximum Gasteiger partial charge on any atom is 0.305 e. The summed E-state index contributed by atoms with van der Waals surface area (Å²) >= 11 is 0. The van der Waals surface area contributed by atoms with E-state index in [0.717, 1.165) is 0 Å². The molecule has 0 unspecified atom stereocenters. The zero-order chi connectivity index (χ0) is 21.5. The first-order valence-electron chi connectivity index (χ1n) is 9.62. The molecule has 6 nitrogen and oxygen atoms in total. The molecule has 0 spiro atoms. The largest absolute Gasteiger partial charge is 0.469 e. The molecule has 0 saturated heterocycles. The molecule has 0 bridgehead atoms. The SMILES string of the molecule is COC(=O)CCCC(C)(C)C1=C(C(C)(C)CCCC(=O)OC)C(=O)C=CC1=O. The molecule has 0 amide bonds. The smallest absolute Gasteiger partial charge is 0.305 e. The van der Waals surface area contributed by atoms with Gasteiger partial charge in [0.2, 0.25) is 0 Å². The third-order valence-electron chi connectivity index (χ3n) is 5.30.